The largest absolute Gasteiger partial charge is 0.303 e. The molecule has 20 heavy (non-hydrogen) atoms. The summed E-state index contributed by atoms with van der Waals surface area (Å²) in [6, 6.07) is 1.76. The molecule has 0 aromatic carbocycles. The minimum atomic E-state index is 0.565. The Morgan fingerprint density at radius 1 is 1.00 bits per heavy atom. The molecule has 116 valence electrons. The van der Waals surface area contributed by atoms with Gasteiger partial charge in [0.15, 0.2) is 0 Å². The van der Waals surface area contributed by atoms with E-state index in [0.717, 1.165) is 12.1 Å². The molecule has 2 aliphatic heterocycles. The summed E-state index contributed by atoms with van der Waals surface area (Å²) in [6.07, 6.45) is 8.45. The van der Waals surface area contributed by atoms with Crippen LogP contribution >= 0.6 is 0 Å². The zero-order chi connectivity index (χ0) is 14.4. The molecule has 0 amide bonds. The normalized spacial score (nSPS) is 39.3. The first kappa shape index (κ1) is 14.8. The lowest BCUT2D eigenvalue weighted by atomic mass is 9.65. The predicted molar refractivity (Wildman–Crippen MR) is 86.0 cm³/mol. The van der Waals surface area contributed by atoms with Gasteiger partial charge in [0.1, 0.15) is 0 Å². The van der Waals surface area contributed by atoms with E-state index in [0.29, 0.717) is 10.8 Å². The fraction of sp³-hybridized carbons (Fsp3) is 1.00. The van der Waals surface area contributed by atoms with E-state index in [2.05, 4.69) is 37.5 Å². The van der Waals surface area contributed by atoms with Crippen LogP contribution in [0.4, 0.5) is 0 Å². The van der Waals surface area contributed by atoms with E-state index >= 15 is 0 Å². The Morgan fingerprint density at radius 2 is 1.70 bits per heavy atom. The van der Waals surface area contributed by atoms with Crippen LogP contribution in [0.3, 0.4) is 0 Å². The molecule has 2 nitrogen and oxygen atoms in total. The summed E-state index contributed by atoms with van der Waals surface area (Å²) in [7, 11) is 0. The fourth-order valence-electron chi connectivity index (χ4n) is 5.72. The Kier molecular flexibility index (Phi) is 3.92. The average Bonchev–Trinajstić information content (AvgIpc) is 2.60. The maximum atomic E-state index is 2.93. The highest BCUT2D eigenvalue weighted by Crippen LogP contribution is 2.53. The lowest BCUT2D eigenvalue weighted by molar-refractivity contribution is 0.0830. The highest BCUT2D eigenvalue weighted by molar-refractivity contribution is 5.04. The SMILES string of the molecule is CCCN1CCC(N2C[C@]3(C)C[C@H]2CC(C)(C)C3)CC1. The van der Waals surface area contributed by atoms with Crippen molar-refractivity contribution in [1.29, 1.82) is 0 Å². The fourth-order valence-corrected chi connectivity index (χ4v) is 5.72. The molecule has 2 bridgehead atoms. The zero-order valence-corrected chi connectivity index (χ0v) is 14.1. The number of likely N-dealkylation sites (tertiary alicyclic amines) is 2. The summed E-state index contributed by atoms with van der Waals surface area (Å²) in [5, 5.41) is 0. The van der Waals surface area contributed by atoms with E-state index in [4.69, 9.17) is 0 Å². The van der Waals surface area contributed by atoms with Crippen molar-refractivity contribution in [2.75, 3.05) is 26.2 Å². The molecule has 2 heterocycles. The van der Waals surface area contributed by atoms with E-state index in [1.165, 1.54) is 64.7 Å². The number of rotatable bonds is 3. The van der Waals surface area contributed by atoms with Crippen LogP contribution in [0.5, 0.6) is 0 Å². The van der Waals surface area contributed by atoms with Crippen LogP contribution in [-0.4, -0.2) is 48.1 Å². The van der Waals surface area contributed by atoms with E-state index < -0.39 is 0 Å². The Labute approximate surface area is 125 Å². The quantitative estimate of drug-likeness (QED) is 0.775. The smallest absolute Gasteiger partial charge is 0.0123 e. The first-order valence-electron chi connectivity index (χ1n) is 8.89. The van der Waals surface area contributed by atoms with Crippen molar-refractivity contribution >= 4 is 0 Å². The minimum Gasteiger partial charge on any atom is -0.303 e. The molecule has 1 saturated carbocycles. The molecule has 0 N–H and O–H groups in total. The van der Waals surface area contributed by atoms with Gasteiger partial charge in [-0.25, -0.2) is 0 Å². The predicted octanol–water partition coefficient (Wildman–Crippen LogP) is 3.76. The van der Waals surface area contributed by atoms with E-state index in [1.807, 2.05) is 0 Å². The summed E-state index contributed by atoms with van der Waals surface area (Å²) in [4.78, 5) is 5.60. The number of fused-ring (bicyclic) bond motifs is 2. The van der Waals surface area contributed by atoms with Gasteiger partial charge in [0, 0.05) is 18.6 Å². The van der Waals surface area contributed by atoms with Gasteiger partial charge in [-0.05, 0) is 69.0 Å². The van der Waals surface area contributed by atoms with E-state index in [9.17, 15) is 0 Å². The first-order valence-corrected chi connectivity index (χ1v) is 8.89. The summed E-state index contributed by atoms with van der Waals surface area (Å²) in [5.74, 6) is 0. The Hall–Kier alpha value is -0.0800. The van der Waals surface area contributed by atoms with Crippen LogP contribution in [0.25, 0.3) is 0 Å². The molecular formula is C18H34N2. The topological polar surface area (TPSA) is 6.48 Å². The molecule has 0 aromatic heterocycles. The first-order chi connectivity index (χ1) is 9.41. The number of hydrogen-bond donors (Lipinski definition) is 0. The van der Waals surface area contributed by atoms with Crippen LogP contribution in [0.1, 0.15) is 66.2 Å². The third kappa shape index (κ3) is 2.92. The molecule has 0 unspecified atom stereocenters. The average molecular weight is 278 g/mol. The molecule has 2 heteroatoms. The molecule has 0 radical (unpaired) electrons. The Morgan fingerprint density at radius 3 is 2.35 bits per heavy atom. The monoisotopic (exact) mass is 278 g/mol. The number of hydrogen-bond acceptors (Lipinski definition) is 2. The van der Waals surface area contributed by atoms with Crippen molar-refractivity contribution in [3.63, 3.8) is 0 Å². The summed E-state index contributed by atoms with van der Waals surface area (Å²) in [5.41, 5.74) is 1.17. The second kappa shape index (κ2) is 5.28. The van der Waals surface area contributed by atoms with E-state index in [1.54, 1.807) is 0 Å². The van der Waals surface area contributed by atoms with Gasteiger partial charge in [-0.3, -0.25) is 4.90 Å². The third-order valence-electron chi connectivity index (χ3n) is 6.02. The van der Waals surface area contributed by atoms with Crippen molar-refractivity contribution in [3.8, 4) is 0 Å². The van der Waals surface area contributed by atoms with Crippen LogP contribution in [0.2, 0.25) is 0 Å². The summed E-state index contributed by atoms with van der Waals surface area (Å²) < 4.78 is 0. The maximum absolute atomic E-state index is 2.93. The standard InChI is InChI=1S/C18H34N2/c1-5-8-19-9-6-15(7-10-19)20-14-18(4)12-16(20)11-17(2,3)13-18/h15-16H,5-14H2,1-4H3/t16-,18-/m1/s1. The van der Waals surface area contributed by atoms with Gasteiger partial charge in [0.2, 0.25) is 0 Å². The van der Waals surface area contributed by atoms with Gasteiger partial charge in [-0.1, -0.05) is 27.7 Å². The van der Waals surface area contributed by atoms with Gasteiger partial charge >= 0.3 is 0 Å². The van der Waals surface area contributed by atoms with Crippen LogP contribution < -0.4 is 0 Å². The molecule has 0 spiro atoms. The molecule has 3 rings (SSSR count). The molecule has 3 aliphatic rings. The molecule has 3 fully saturated rings. The lowest BCUT2D eigenvalue weighted by Gasteiger charge is -2.42. The van der Waals surface area contributed by atoms with E-state index in [-0.39, 0.29) is 0 Å². The highest BCUT2D eigenvalue weighted by Gasteiger charge is 2.51. The number of piperidine rings is 1. The summed E-state index contributed by atoms with van der Waals surface area (Å²) >= 11 is 0. The molecule has 2 atom stereocenters. The summed E-state index contributed by atoms with van der Waals surface area (Å²) in [6.45, 7) is 15.2. The molecule has 2 saturated heterocycles. The van der Waals surface area contributed by atoms with Gasteiger partial charge in [-0.2, -0.15) is 0 Å². The van der Waals surface area contributed by atoms with Crippen molar-refractivity contribution < 1.29 is 0 Å². The number of nitrogens with zero attached hydrogens (tertiary/aromatic N) is 2. The maximum Gasteiger partial charge on any atom is 0.0123 e. The third-order valence-corrected chi connectivity index (χ3v) is 6.02. The van der Waals surface area contributed by atoms with Crippen molar-refractivity contribution in [3.05, 3.63) is 0 Å². The molecular weight excluding hydrogens is 244 g/mol. The molecule has 0 aromatic rings. The second-order valence-corrected chi connectivity index (χ2v) is 8.96. The van der Waals surface area contributed by atoms with Crippen LogP contribution in [0.15, 0.2) is 0 Å². The van der Waals surface area contributed by atoms with Gasteiger partial charge < -0.3 is 4.90 Å². The van der Waals surface area contributed by atoms with Crippen molar-refractivity contribution in [1.82, 2.24) is 9.80 Å². The van der Waals surface area contributed by atoms with Crippen LogP contribution in [-0.2, 0) is 0 Å². The second-order valence-electron chi connectivity index (χ2n) is 8.96. The Balaban J connectivity index is 1.62. The van der Waals surface area contributed by atoms with Gasteiger partial charge in [0.25, 0.3) is 0 Å². The van der Waals surface area contributed by atoms with Gasteiger partial charge in [0.05, 0.1) is 0 Å². The van der Waals surface area contributed by atoms with Crippen LogP contribution in [0, 0.1) is 10.8 Å². The Bertz CT molecular complexity index is 343. The van der Waals surface area contributed by atoms with Crippen molar-refractivity contribution in [2.45, 2.75) is 78.3 Å². The minimum absolute atomic E-state index is 0.565. The highest BCUT2D eigenvalue weighted by atomic mass is 15.2. The molecule has 1 aliphatic carbocycles. The zero-order valence-electron chi connectivity index (χ0n) is 14.1. The van der Waals surface area contributed by atoms with Gasteiger partial charge in [-0.15, -0.1) is 0 Å². The lowest BCUT2D eigenvalue weighted by Crippen LogP contribution is -2.47. The van der Waals surface area contributed by atoms with Crippen molar-refractivity contribution in [2.24, 2.45) is 10.8 Å².